The van der Waals surface area contributed by atoms with Crippen LogP contribution in [0.3, 0.4) is 0 Å². The van der Waals surface area contributed by atoms with Crippen molar-refractivity contribution in [2.45, 2.75) is 20.0 Å². The molecule has 0 saturated heterocycles. The zero-order valence-corrected chi connectivity index (χ0v) is 14.6. The average molecular weight is 344 g/mol. The first-order valence-electron chi connectivity index (χ1n) is 7.51. The maximum atomic E-state index is 11.8. The topological polar surface area (TPSA) is 59.6 Å². The molecule has 0 fully saturated rings. The number of esters is 1. The Balaban J connectivity index is 1.95. The lowest BCUT2D eigenvalue weighted by molar-refractivity contribution is 0.0378. The lowest BCUT2D eigenvalue weighted by Crippen LogP contribution is -2.19. The Bertz CT molecular complexity index is 714. The second-order valence-corrected chi connectivity index (χ2v) is 5.75. The van der Waals surface area contributed by atoms with Gasteiger partial charge >= 0.3 is 5.97 Å². The van der Waals surface area contributed by atoms with Gasteiger partial charge in [0.15, 0.2) is 5.11 Å². The number of anilines is 2. The van der Waals surface area contributed by atoms with Crippen LogP contribution in [0.4, 0.5) is 11.4 Å². The van der Waals surface area contributed by atoms with Gasteiger partial charge in [-0.05, 0) is 62.5 Å². The summed E-state index contributed by atoms with van der Waals surface area (Å²) in [6, 6.07) is 14.4. The maximum Gasteiger partial charge on any atom is 0.338 e. The summed E-state index contributed by atoms with van der Waals surface area (Å²) in [7, 11) is 1.61. The number of rotatable bonds is 5. The van der Waals surface area contributed by atoms with Crippen molar-refractivity contribution in [1.82, 2.24) is 0 Å². The number of thiocarbonyl (C=S) groups is 1. The van der Waals surface area contributed by atoms with Gasteiger partial charge in [0.05, 0.1) is 18.8 Å². The highest BCUT2D eigenvalue weighted by Crippen LogP contribution is 2.17. The number of carbonyl (C=O) groups is 1. The summed E-state index contributed by atoms with van der Waals surface area (Å²) >= 11 is 5.28. The second kappa shape index (κ2) is 8.31. The molecule has 0 heterocycles. The van der Waals surface area contributed by atoms with Crippen LogP contribution >= 0.6 is 12.2 Å². The Hall–Kier alpha value is -2.60. The van der Waals surface area contributed by atoms with Crippen LogP contribution in [0.1, 0.15) is 24.2 Å². The molecule has 6 heteroatoms. The third kappa shape index (κ3) is 5.24. The minimum Gasteiger partial charge on any atom is -0.497 e. The molecule has 0 atom stereocenters. The van der Waals surface area contributed by atoms with Crippen LogP contribution < -0.4 is 15.4 Å². The van der Waals surface area contributed by atoms with E-state index in [1.807, 2.05) is 38.1 Å². The summed E-state index contributed by atoms with van der Waals surface area (Å²) in [5.41, 5.74) is 2.10. The number of nitrogens with one attached hydrogen (secondary N) is 2. The van der Waals surface area contributed by atoms with Crippen LogP contribution in [0.5, 0.6) is 5.75 Å². The third-order valence-corrected chi connectivity index (χ3v) is 3.25. The molecule has 0 aliphatic carbocycles. The first kappa shape index (κ1) is 17.7. The van der Waals surface area contributed by atoms with E-state index in [0.717, 1.165) is 17.1 Å². The Morgan fingerprint density at radius 1 is 1.04 bits per heavy atom. The quantitative estimate of drug-likeness (QED) is 0.630. The van der Waals surface area contributed by atoms with Crippen molar-refractivity contribution in [3.63, 3.8) is 0 Å². The van der Waals surface area contributed by atoms with E-state index in [-0.39, 0.29) is 12.1 Å². The number of hydrogen-bond donors (Lipinski definition) is 2. The molecular formula is C18H20N2O3S. The molecule has 0 spiro atoms. The van der Waals surface area contributed by atoms with Crippen molar-refractivity contribution in [2.24, 2.45) is 0 Å². The minimum absolute atomic E-state index is 0.144. The molecule has 2 aromatic carbocycles. The van der Waals surface area contributed by atoms with E-state index in [0.29, 0.717) is 10.7 Å². The SMILES string of the molecule is COc1cccc(NC(=S)Nc2ccc(C(=O)OC(C)C)cc2)c1. The van der Waals surface area contributed by atoms with Gasteiger partial charge in [-0.25, -0.2) is 4.79 Å². The molecule has 5 nitrogen and oxygen atoms in total. The molecule has 2 N–H and O–H groups in total. The van der Waals surface area contributed by atoms with Crippen molar-refractivity contribution in [3.8, 4) is 5.75 Å². The van der Waals surface area contributed by atoms with Gasteiger partial charge in [0.1, 0.15) is 5.75 Å². The highest BCUT2D eigenvalue weighted by Gasteiger charge is 2.09. The van der Waals surface area contributed by atoms with Gasteiger partial charge in [-0.1, -0.05) is 6.07 Å². The Kier molecular flexibility index (Phi) is 6.14. The van der Waals surface area contributed by atoms with E-state index in [2.05, 4.69) is 10.6 Å². The van der Waals surface area contributed by atoms with Crippen molar-refractivity contribution < 1.29 is 14.3 Å². The van der Waals surface area contributed by atoms with Gasteiger partial charge < -0.3 is 20.1 Å². The predicted molar refractivity (Wildman–Crippen MR) is 99.8 cm³/mol. The largest absolute Gasteiger partial charge is 0.497 e. The van der Waals surface area contributed by atoms with Crippen LogP contribution in [-0.2, 0) is 4.74 Å². The van der Waals surface area contributed by atoms with Crippen LogP contribution in [0.15, 0.2) is 48.5 Å². The monoisotopic (exact) mass is 344 g/mol. The van der Waals surface area contributed by atoms with Gasteiger partial charge in [0, 0.05) is 17.4 Å². The lowest BCUT2D eigenvalue weighted by atomic mass is 10.2. The summed E-state index contributed by atoms with van der Waals surface area (Å²) in [4.78, 5) is 11.8. The molecule has 0 bridgehead atoms. The van der Waals surface area contributed by atoms with Crippen molar-refractivity contribution in [1.29, 1.82) is 0 Å². The van der Waals surface area contributed by atoms with Crippen LogP contribution in [0, 0.1) is 0 Å². The normalized spacial score (nSPS) is 10.2. The fourth-order valence-corrected chi connectivity index (χ4v) is 2.20. The number of ether oxygens (including phenoxy) is 2. The molecular weight excluding hydrogens is 324 g/mol. The number of benzene rings is 2. The summed E-state index contributed by atoms with van der Waals surface area (Å²) < 4.78 is 10.3. The molecule has 2 rings (SSSR count). The number of hydrogen-bond acceptors (Lipinski definition) is 4. The van der Waals surface area contributed by atoms with E-state index >= 15 is 0 Å². The maximum absolute atomic E-state index is 11.8. The van der Waals surface area contributed by atoms with Gasteiger partial charge in [-0.2, -0.15) is 0 Å². The molecule has 2 aromatic rings. The van der Waals surface area contributed by atoms with Gasteiger partial charge in [0.25, 0.3) is 0 Å². The van der Waals surface area contributed by atoms with E-state index in [4.69, 9.17) is 21.7 Å². The van der Waals surface area contributed by atoms with E-state index in [1.54, 1.807) is 31.4 Å². The molecule has 24 heavy (non-hydrogen) atoms. The number of carbonyl (C=O) groups excluding carboxylic acids is 1. The van der Waals surface area contributed by atoms with E-state index in [9.17, 15) is 4.79 Å². The van der Waals surface area contributed by atoms with Crippen LogP contribution in [0.25, 0.3) is 0 Å². The highest BCUT2D eigenvalue weighted by atomic mass is 32.1. The molecule has 0 unspecified atom stereocenters. The van der Waals surface area contributed by atoms with E-state index < -0.39 is 0 Å². The van der Waals surface area contributed by atoms with Crippen molar-refractivity contribution >= 4 is 34.7 Å². The first-order valence-corrected chi connectivity index (χ1v) is 7.92. The predicted octanol–water partition coefficient (Wildman–Crippen LogP) is 4.07. The van der Waals surface area contributed by atoms with Crippen LogP contribution in [0.2, 0.25) is 0 Å². The zero-order chi connectivity index (χ0) is 17.5. The average Bonchev–Trinajstić information content (AvgIpc) is 2.55. The summed E-state index contributed by atoms with van der Waals surface area (Å²) in [5.74, 6) is 0.407. The fraction of sp³-hybridized carbons (Fsp3) is 0.222. The van der Waals surface area contributed by atoms with Crippen molar-refractivity contribution in [2.75, 3.05) is 17.7 Å². The Morgan fingerprint density at radius 3 is 2.33 bits per heavy atom. The van der Waals surface area contributed by atoms with Gasteiger partial charge in [-0.3, -0.25) is 0 Å². The van der Waals surface area contributed by atoms with E-state index in [1.165, 1.54) is 0 Å². The fourth-order valence-electron chi connectivity index (χ4n) is 1.97. The molecule has 0 aliphatic rings. The van der Waals surface area contributed by atoms with Crippen LogP contribution in [-0.4, -0.2) is 24.3 Å². The summed E-state index contributed by atoms with van der Waals surface area (Å²) in [5, 5.41) is 6.58. The highest BCUT2D eigenvalue weighted by molar-refractivity contribution is 7.80. The zero-order valence-electron chi connectivity index (χ0n) is 13.8. The summed E-state index contributed by atoms with van der Waals surface area (Å²) in [6.07, 6.45) is -0.144. The first-order chi connectivity index (χ1) is 11.5. The molecule has 0 amide bonds. The van der Waals surface area contributed by atoms with Crippen molar-refractivity contribution in [3.05, 3.63) is 54.1 Å². The number of methoxy groups -OCH3 is 1. The lowest BCUT2D eigenvalue weighted by Gasteiger charge is -2.12. The smallest absolute Gasteiger partial charge is 0.338 e. The van der Waals surface area contributed by atoms with Gasteiger partial charge in [0.2, 0.25) is 0 Å². The third-order valence-electron chi connectivity index (χ3n) is 3.05. The second-order valence-electron chi connectivity index (χ2n) is 5.34. The molecule has 0 aromatic heterocycles. The molecule has 0 saturated carbocycles. The van der Waals surface area contributed by atoms with Gasteiger partial charge in [-0.15, -0.1) is 0 Å². The minimum atomic E-state index is -0.339. The molecule has 0 aliphatic heterocycles. The Labute approximate surface area is 147 Å². The molecule has 0 radical (unpaired) electrons. The Morgan fingerprint density at radius 2 is 1.71 bits per heavy atom. The summed E-state index contributed by atoms with van der Waals surface area (Å²) in [6.45, 7) is 3.63. The standard InChI is InChI=1S/C18H20N2O3S/c1-12(2)23-17(21)13-7-9-14(10-8-13)19-18(24)20-15-5-4-6-16(11-15)22-3/h4-12H,1-3H3,(H2,19,20,24). The molecule has 126 valence electrons.